The van der Waals surface area contributed by atoms with Gasteiger partial charge in [0.2, 0.25) is 5.91 Å². The SMILES string of the molecule is C=C.CCOC(C)O.CN1CCCC1=O. The summed E-state index contributed by atoms with van der Waals surface area (Å²) >= 11 is 0. The number of aliphatic hydroxyl groups excluding tert-OH is 1. The standard InChI is InChI=1S/C5H9NO.C4H10O2.C2H4/c1-6-4-2-3-5(6)7;1-3-6-4(2)5;1-2/h2-4H2,1H3;4-5H,3H2,1-2H3;1-2H2. The van der Waals surface area contributed by atoms with Crippen LogP contribution in [0.4, 0.5) is 0 Å². The Bertz CT molecular complexity index is 160. The molecule has 1 heterocycles. The lowest BCUT2D eigenvalue weighted by Gasteiger charge is -2.03. The third-order valence-electron chi connectivity index (χ3n) is 1.72. The third kappa shape index (κ3) is 11.1. The first-order valence-corrected chi connectivity index (χ1v) is 5.11. The van der Waals surface area contributed by atoms with E-state index in [-0.39, 0.29) is 0 Å². The van der Waals surface area contributed by atoms with Gasteiger partial charge in [-0.1, -0.05) is 0 Å². The second-order valence-corrected chi connectivity index (χ2v) is 2.97. The first-order chi connectivity index (χ1) is 7.07. The monoisotopic (exact) mass is 217 g/mol. The molecule has 1 rings (SSSR count). The van der Waals surface area contributed by atoms with E-state index in [0.29, 0.717) is 12.5 Å². The van der Waals surface area contributed by atoms with Crippen LogP contribution in [-0.4, -0.2) is 42.4 Å². The molecule has 1 saturated heterocycles. The summed E-state index contributed by atoms with van der Waals surface area (Å²) in [6, 6.07) is 0. The molecule has 0 aliphatic carbocycles. The van der Waals surface area contributed by atoms with Crippen molar-refractivity contribution in [3.63, 3.8) is 0 Å². The maximum absolute atomic E-state index is 10.5. The minimum Gasteiger partial charge on any atom is -0.368 e. The van der Waals surface area contributed by atoms with Crippen molar-refractivity contribution >= 4 is 5.91 Å². The molecular weight excluding hydrogens is 194 g/mol. The Labute approximate surface area is 92.5 Å². The van der Waals surface area contributed by atoms with Crippen LogP contribution in [0.25, 0.3) is 0 Å². The van der Waals surface area contributed by atoms with E-state index < -0.39 is 6.29 Å². The lowest BCUT2D eigenvalue weighted by Crippen LogP contribution is -2.17. The fourth-order valence-corrected chi connectivity index (χ4v) is 1.02. The van der Waals surface area contributed by atoms with E-state index in [1.54, 1.807) is 11.8 Å². The van der Waals surface area contributed by atoms with E-state index in [1.165, 1.54) is 0 Å². The van der Waals surface area contributed by atoms with E-state index in [4.69, 9.17) is 5.11 Å². The van der Waals surface area contributed by atoms with Crippen molar-refractivity contribution < 1.29 is 14.6 Å². The Balaban J connectivity index is 0. The highest BCUT2D eigenvalue weighted by Gasteiger charge is 2.14. The van der Waals surface area contributed by atoms with Gasteiger partial charge in [-0.3, -0.25) is 4.79 Å². The highest BCUT2D eigenvalue weighted by molar-refractivity contribution is 5.77. The summed E-state index contributed by atoms with van der Waals surface area (Å²) in [5.41, 5.74) is 0. The van der Waals surface area contributed by atoms with Crippen molar-refractivity contribution in [2.24, 2.45) is 0 Å². The maximum atomic E-state index is 10.5. The Morgan fingerprint density at radius 3 is 2.20 bits per heavy atom. The predicted octanol–water partition coefficient (Wildman–Crippen LogP) is 1.40. The van der Waals surface area contributed by atoms with Gasteiger partial charge in [-0.15, -0.1) is 13.2 Å². The molecule has 1 N–H and O–H groups in total. The normalized spacial score (nSPS) is 16.0. The van der Waals surface area contributed by atoms with Crippen molar-refractivity contribution in [1.29, 1.82) is 0 Å². The summed E-state index contributed by atoms with van der Waals surface area (Å²) < 4.78 is 4.60. The van der Waals surface area contributed by atoms with Crippen LogP contribution in [0.1, 0.15) is 26.7 Å². The zero-order valence-corrected chi connectivity index (χ0v) is 10.0. The lowest BCUT2D eigenvalue weighted by atomic mass is 10.4. The number of amides is 1. The average Bonchev–Trinajstić information content (AvgIpc) is 2.55. The summed E-state index contributed by atoms with van der Waals surface area (Å²) in [5, 5.41) is 8.33. The molecule has 1 aliphatic rings. The van der Waals surface area contributed by atoms with Gasteiger partial charge in [-0.2, -0.15) is 0 Å². The second kappa shape index (κ2) is 11.2. The van der Waals surface area contributed by atoms with Gasteiger partial charge in [0.1, 0.15) is 0 Å². The lowest BCUT2D eigenvalue weighted by molar-refractivity contribution is -0.126. The molecule has 1 fully saturated rings. The zero-order chi connectivity index (χ0) is 12.3. The van der Waals surface area contributed by atoms with Gasteiger partial charge in [-0.25, -0.2) is 0 Å². The van der Waals surface area contributed by atoms with Crippen LogP contribution in [-0.2, 0) is 9.53 Å². The third-order valence-corrected chi connectivity index (χ3v) is 1.72. The minimum absolute atomic E-state index is 0.292. The van der Waals surface area contributed by atoms with Crippen LogP contribution in [0.2, 0.25) is 0 Å². The van der Waals surface area contributed by atoms with Crippen LogP contribution in [0.5, 0.6) is 0 Å². The smallest absolute Gasteiger partial charge is 0.222 e. The number of carbonyl (C=O) groups is 1. The quantitative estimate of drug-likeness (QED) is 0.562. The van der Waals surface area contributed by atoms with Crippen molar-refractivity contribution in [2.45, 2.75) is 33.0 Å². The molecule has 0 radical (unpaired) electrons. The number of hydrogen-bond acceptors (Lipinski definition) is 3. The highest BCUT2D eigenvalue weighted by atomic mass is 16.6. The minimum atomic E-state index is -0.602. The number of nitrogens with zero attached hydrogens (tertiary/aromatic N) is 1. The van der Waals surface area contributed by atoms with Crippen LogP contribution < -0.4 is 0 Å². The van der Waals surface area contributed by atoms with E-state index >= 15 is 0 Å². The molecule has 4 nitrogen and oxygen atoms in total. The molecular formula is C11H23NO3. The van der Waals surface area contributed by atoms with E-state index in [9.17, 15) is 4.79 Å². The first-order valence-electron chi connectivity index (χ1n) is 5.11. The van der Waals surface area contributed by atoms with Crippen molar-refractivity contribution in [3.8, 4) is 0 Å². The van der Waals surface area contributed by atoms with Gasteiger partial charge in [0.15, 0.2) is 6.29 Å². The van der Waals surface area contributed by atoms with Gasteiger partial charge in [-0.05, 0) is 20.3 Å². The number of ether oxygens (including phenoxy) is 1. The van der Waals surface area contributed by atoms with Gasteiger partial charge in [0.05, 0.1) is 0 Å². The summed E-state index contributed by atoms with van der Waals surface area (Å²) in [6.45, 7) is 11.0. The van der Waals surface area contributed by atoms with Crippen LogP contribution >= 0.6 is 0 Å². The molecule has 0 aromatic carbocycles. The Morgan fingerprint density at radius 1 is 1.60 bits per heavy atom. The zero-order valence-electron chi connectivity index (χ0n) is 10.0. The first kappa shape index (κ1) is 16.6. The predicted molar refractivity (Wildman–Crippen MR) is 61.4 cm³/mol. The van der Waals surface area contributed by atoms with Crippen molar-refractivity contribution in [1.82, 2.24) is 4.90 Å². The largest absolute Gasteiger partial charge is 0.368 e. The van der Waals surface area contributed by atoms with Gasteiger partial charge >= 0.3 is 0 Å². The number of likely N-dealkylation sites (tertiary alicyclic amines) is 1. The van der Waals surface area contributed by atoms with Gasteiger partial charge < -0.3 is 14.7 Å². The number of carbonyl (C=O) groups excluding carboxylic acids is 1. The van der Waals surface area contributed by atoms with Crippen LogP contribution in [0, 0.1) is 0 Å². The van der Waals surface area contributed by atoms with E-state index in [2.05, 4.69) is 17.9 Å². The van der Waals surface area contributed by atoms with E-state index in [1.807, 2.05) is 14.0 Å². The molecule has 0 aromatic heterocycles. The highest BCUT2D eigenvalue weighted by Crippen LogP contribution is 2.04. The molecule has 4 heteroatoms. The molecule has 0 spiro atoms. The molecule has 15 heavy (non-hydrogen) atoms. The van der Waals surface area contributed by atoms with Gasteiger partial charge in [0, 0.05) is 26.6 Å². The van der Waals surface area contributed by atoms with Crippen molar-refractivity contribution in [2.75, 3.05) is 20.2 Å². The molecule has 0 bridgehead atoms. The van der Waals surface area contributed by atoms with Gasteiger partial charge in [0.25, 0.3) is 0 Å². The maximum Gasteiger partial charge on any atom is 0.222 e. The fraction of sp³-hybridized carbons (Fsp3) is 0.727. The fourth-order valence-electron chi connectivity index (χ4n) is 1.02. The number of aliphatic hydroxyl groups is 1. The molecule has 0 aromatic rings. The average molecular weight is 217 g/mol. The Hall–Kier alpha value is -0.870. The second-order valence-electron chi connectivity index (χ2n) is 2.97. The number of hydrogen-bond donors (Lipinski definition) is 1. The van der Waals surface area contributed by atoms with Crippen LogP contribution in [0.15, 0.2) is 13.2 Å². The summed E-state index contributed by atoms with van der Waals surface area (Å²) in [5.74, 6) is 0.292. The van der Waals surface area contributed by atoms with Crippen LogP contribution in [0.3, 0.4) is 0 Å². The molecule has 0 saturated carbocycles. The topological polar surface area (TPSA) is 49.8 Å². The molecule has 1 atom stereocenters. The van der Waals surface area contributed by atoms with Crippen molar-refractivity contribution in [3.05, 3.63) is 13.2 Å². The Morgan fingerprint density at radius 2 is 2.13 bits per heavy atom. The summed E-state index contributed by atoms with van der Waals surface area (Å²) in [4.78, 5) is 12.3. The summed E-state index contributed by atoms with van der Waals surface area (Å²) in [6.07, 6.45) is 1.21. The molecule has 1 amide bonds. The molecule has 1 unspecified atom stereocenters. The molecule has 1 aliphatic heterocycles. The number of rotatable bonds is 2. The molecule has 90 valence electrons. The van der Waals surface area contributed by atoms with E-state index in [0.717, 1.165) is 19.4 Å². The summed E-state index contributed by atoms with van der Waals surface area (Å²) in [7, 11) is 1.84. The Kier molecular flexibility index (Phi) is 12.4.